The van der Waals surface area contributed by atoms with Crippen LogP contribution in [0.25, 0.3) is 0 Å². The first-order chi connectivity index (χ1) is 10.2. The number of hydrogen-bond donors (Lipinski definition) is 0. The largest absolute Gasteiger partial charge is 0.345 e. The molecule has 0 aliphatic heterocycles. The van der Waals surface area contributed by atoms with Crippen LogP contribution in [0.3, 0.4) is 0 Å². The van der Waals surface area contributed by atoms with Crippen LogP contribution in [-0.2, 0) is 17.9 Å². The zero-order valence-electron chi connectivity index (χ0n) is 12.5. The third-order valence-corrected chi connectivity index (χ3v) is 3.48. The predicted octanol–water partition coefficient (Wildman–Crippen LogP) is 3.46. The van der Waals surface area contributed by atoms with Crippen LogP contribution in [-0.4, -0.2) is 21.9 Å². The molecule has 0 fully saturated rings. The second kappa shape index (κ2) is 7.48. The van der Waals surface area contributed by atoms with Gasteiger partial charge in [-0.3, -0.25) is 4.79 Å². The van der Waals surface area contributed by atoms with Gasteiger partial charge in [0, 0.05) is 31.4 Å². The Labute approximate surface area is 126 Å². The van der Waals surface area contributed by atoms with E-state index in [1.165, 1.54) is 5.56 Å². The van der Waals surface area contributed by atoms with Gasteiger partial charge in [-0.25, -0.2) is 0 Å². The summed E-state index contributed by atoms with van der Waals surface area (Å²) in [5.41, 5.74) is 2.40. The summed E-state index contributed by atoms with van der Waals surface area (Å²) in [6, 6.07) is 14.4. The normalized spacial score (nSPS) is 10.3. The number of carbonyl (C=O) groups excluding carboxylic acids is 1. The highest BCUT2D eigenvalue weighted by molar-refractivity contribution is 5.75. The van der Waals surface area contributed by atoms with Gasteiger partial charge in [0.25, 0.3) is 0 Å². The third-order valence-electron chi connectivity index (χ3n) is 3.48. The van der Waals surface area contributed by atoms with Crippen molar-refractivity contribution in [2.75, 3.05) is 6.54 Å². The van der Waals surface area contributed by atoms with Crippen molar-refractivity contribution in [3.63, 3.8) is 0 Å². The van der Waals surface area contributed by atoms with Gasteiger partial charge >= 0.3 is 0 Å². The van der Waals surface area contributed by atoms with Crippen LogP contribution in [0.5, 0.6) is 0 Å². The maximum absolute atomic E-state index is 12.0. The molecule has 0 radical (unpaired) electrons. The lowest BCUT2D eigenvalue weighted by molar-refractivity contribution is -0.131. The van der Waals surface area contributed by atoms with E-state index in [2.05, 4.69) is 35.5 Å². The smallest absolute Gasteiger partial charge is 0.222 e. The summed E-state index contributed by atoms with van der Waals surface area (Å²) >= 11 is 0. The number of carbonyl (C=O) groups is 1. The average molecular weight is 282 g/mol. The third kappa shape index (κ3) is 4.09. The minimum Gasteiger partial charge on any atom is -0.345 e. The molecule has 0 atom stereocenters. The van der Waals surface area contributed by atoms with Gasteiger partial charge < -0.3 is 9.47 Å². The van der Waals surface area contributed by atoms with Crippen LogP contribution >= 0.6 is 0 Å². The second-order valence-corrected chi connectivity index (χ2v) is 5.03. The van der Waals surface area contributed by atoms with E-state index < -0.39 is 0 Å². The van der Waals surface area contributed by atoms with Crippen molar-refractivity contribution in [3.05, 3.63) is 72.6 Å². The van der Waals surface area contributed by atoms with Gasteiger partial charge in [-0.2, -0.15) is 0 Å². The Morgan fingerprint density at radius 3 is 2.67 bits per heavy atom. The minimum absolute atomic E-state index is 0.155. The summed E-state index contributed by atoms with van der Waals surface area (Å²) in [6.45, 7) is 7.66. The van der Waals surface area contributed by atoms with E-state index in [-0.39, 0.29) is 5.91 Å². The molecular formula is C18H22N2O. The Balaban J connectivity index is 2.12. The lowest BCUT2D eigenvalue weighted by atomic mass is 10.2. The van der Waals surface area contributed by atoms with Gasteiger partial charge in [0.15, 0.2) is 0 Å². The molecule has 0 aliphatic carbocycles. The van der Waals surface area contributed by atoms with Gasteiger partial charge in [-0.1, -0.05) is 43.3 Å². The summed E-state index contributed by atoms with van der Waals surface area (Å²) in [6.07, 6.45) is 4.36. The SMILES string of the molecule is C=CCN(Cc1cccn1Cc1ccccc1)C(=O)CC. The quantitative estimate of drug-likeness (QED) is 0.714. The van der Waals surface area contributed by atoms with Crippen LogP contribution in [0, 0.1) is 0 Å². The van der Waals surface area contributed by atoms with Gasteiger partial charge in [-0.15, -0.1) is 6.58 Å². The molecule has 0 aliphatic rings. The lowest BCUT2D eigenvalue weighted by Gasteiger charge is -2.21. The highest BCUT2D eigenvalue weighted by atomic mass is 16.2. The van der Waals surface area contributed by atoms with E-state index in [1.807, 2.05) is 36.1 Å². The zero-order chi connectivity index (χ0) is 15.1. The van der Waals surface area contributed by atoms with Crippen molar-refractivity contribution < 1.29 is 4.79 Å². The fourth-order valence-electron chi connectivity index (χ4n) is 2.36. The molecule has 3 nitrogen and oxygen atoms in total. The average Bonchev–Trinajstić information content (AvgIpc) is 2.94. The fourth-order valence-corrected chi connectivity index (χ4v) is 2.36. The molecule has 21 heavy (non-hydrogen) atoms. The van der Waals surface area contributed by atoms with Crippen molar-refractivity contribution in [1.29, 1.82) is 0 Å². The molecule has 1 amide bonds. The zero-order valence-corrected chi connectivity index (χ0v) is 12.5. The minimum atomic E-state index is 0.155. The molecule has 3 heteroatoms. The summed E-state index contributed by atoms with van der Waals surface area (Å²) in [7, 11) is 0. The van der Waals surface area contributed by atoms with Crippen molar-refractivity contribution in [2.24, 2.45) is 0 Å². The van der Waals surface area contributed by atoms with E-state index >= 15 is 0 Å². The van der Waals surface area contributed by atoms with Gasteiger partial charge in [0.2, 0.25) is 5.91 Å². The number of benzene rings is 1. The Morgan fingerprint density at radius 1 is 1.24 bits per heavy atom. The Morgan fingerprint density at radius 2 is 2.00 bits per heavy atom. The highest BCUT2D eigenvalue weighted by Gasteiger charge is 2.12. The topological polar surface area (TPSA) is 25.2 Å². The molecule has 0 saturated carbocycles. The standard InChI is InChI=1S/C18H22N2O/c1-3-12-20(18(21)4-2)15-17-11-8-13-19(17)14-16-9-6-5-7-10-16/h3,5-11,13H,1,4,12,14-15H2,2H3. The van der Waals surface area contributed by atoms with Crippen LogP contribution in [0.4, 0.5) is 0 Å². The molecule has 1 heterocycles. The molecular weight excluding hydrogens is 260 g/mol. The molecule has 0 saturated heterocycles. The lowest BCUT2D eigenvalue weighted by Crippen LogP contribution is -2.30. The van der Waals surface area contributed by atoms with Crippen LogP contribution in [0.15, 0.2) is 61.3 Å². The first-order valence-corrected chi connectivity index (χ1v) is 7.31. The van der Waals surface area contributed by atoms with Crippen LogP contribution in [0.2, 0.25) is 0 Å². The highest BCUT2D eigenvalue weighted by Crippen LogP contribution is 2.11. The number of hydrogen-bond acceptors (Lipinski definition) is 1. The monoisotopic (exact) mass is 282 g/mol. The molecule has 110 valence electrons. The maximum Gasteiger partial charge on any atom is 0.222 e. The molecule has 2 aromatic rings. The van der Waals surface area contributed by atoms with Gasteiger partial charge in [0.05, 0.1) is 6.54 Å². The molecule has 2 rings (SSSR count). The van der Waals surface area contributed by atoms with Gasteiger partial charge in [-0.05, 0) is 17.7 Å². The summed E-state index contributed by atoms with van der Waals surface area (Å²) < 4.78 is 2.19. The summed E-state index contributed by atoms with van der Waals surface area (Å²) in [4.78, 5) is 13.8. The number of nitrogens with zero attached hydrogens (tertiary/aromatic N) is 2. The molecule has 0 bridgehead atoms. The molecule has 0 N–H and O–H groups in total. The fraction of sp³-hybridized carbons (Fsp3) is 0.278. The molecule has 1 aromatic carbocycles. The van der Waals surface area contributed by atoms with Crippen molar-refractivity contribution in [1.82, 2.24) is 9.47 Å². The van der Waals surface area contributed by atoms with E-state index in [0.29, 0.717) is 19.5 Å². The Hall–Kier alpha value is -2.29. The van der Waals surface area contributed by atoms with Crippen molar-refractivity contribution in [2.45, 2.75) is 26.4 Å². The Bertz CT molecular complexity index is 586. The second-order valence-electron chi connectivity index (χ2n) is 5.03. The van der Waals surface area contributed by atoms with E-state index in [4.69, 9.17) is 0 Å². The van der Waals surface area contributed by atoms with Crippen molar-refractivity contribution in [3.8, 4) is 0 Å². The van der Waals surface area contributed by atoms with E-state index in [9.17, 15) is 4.79 Å². The summed E-state index contributed by atoms with van der Waals surface area (Å²) in [5.74, 6) is 0.155. The number of aromatic nitrogens is 1. The molecule has 1 aromatic heterocycles. The van der Waals surface area contributed by atoms with Crippen molar-refractivity contribution >= 4 is 5.91 Å². The Kier molecular flexibility index (Phi) is 5.38. The van der Waals surface area contributed by atoms with Crippen LogP contribution in [0.1, 0.15) is 24.6 Å². The summed E-state index contributed by atoms with van der Waals surface area (Å²) in [5, 5.41) is 0. The molecule has 0 unspecified atom stereocenters. The number of rotatable bonds is 7. The number of amides is 1. The maximum atomic E-state index is 12.0. The van der Waals surface area contributed by atoms with E-state index in [0.717, 1.165) is 12.2 Å². The van der Waals surface area contributed by atoms with Crippen LogP contribution < -0.4 is 0 Å². The predicted molar refractivity (Wildman–Crippen MR) is 85.9 cm³/mol. The first kappa shape index (κ1) is 15.1. The first-order valence-electron chi connectivity index (χ1n) is 7.31. The molecule has 0 spiro atoms. The van der Waals surface area contributed by atoms with E-state index in [1.54, 1.807) is 6.08 Å². The van der Waals surface area contributed by atoms with Gasteiger partial charge in [0.1, 0.15) is 0 Å².